The van der Waals surface area contributed by atoms with Gasteiger partial charge in [0.2, 0.25) is 0 Å². The molecular formula is C17H24N4S. The van der Waals surface area contributed by atoms with Gasteiger partial charge in [0.05, 0.1) is 0 Å². The molecule has 5 heteroatoms. The Kier molecular flexibility index (Phi) is 6.27. The van der Waals surface area contributed by atoms with E-state index in [2.05, 4.69) is 75.7 Å². The van der Waals surface area contributed by atoms with Gasteiger partial charge in [0.25, 0.3) is 0 Å². The zero-order valence-corrected chi connectivity index (χ0v) is 14.3. The molecule has 0 amide bonds. The van der Waals surface area contributed by atoms with Crippen LogP contribution in [0.5, 0.6) is 0 Å². The van der Waals surface area contributed by atoms with E-state index in [1.807, 2.05) is 0 Å². The molecule has 22 heavy (non-hydrogen) atoms. The number of benzene rings is 1. The second kappa shape index (κ2) is 8.44. The molecule has 4 nitrogen and oxygen atoms in total. The highest BCUT2D eigenvalue weighted by Gasteiger charge is 2.00. The first kappa shape index (κ1) is 16.4. The third-order valence-corrected chi connectivity index (χ3v) is 4.15. The number of guanidine groups is 1. The molecule has 0 bridgehead atoms. The van der Waals surface area contributed by atoms with E-state index in [0.29, 0.717) is 0 Å². The lowest BCUT2D eigenvalue weighted by molar-refractivity contribution is 0.796. The maximum atomic E-state index is 4.25. The Hall–Kier alpha value is -2.01. The molecule has 2 aromatic rings. The third kappa shape index (κ3) is 5.07. The molecule has 118 valence electrons. The summed E-state index contributed by atoms with van der Waals surface area (Å²) in [5.41, 5.74) is 3.84. The highest BCUT2D eigenvalue weighted by molar-refractivity contribution is 7.07. The Morgan fingerprint density at radius 3 is 2.45 bits per heavy atom. The van der Waals surface area contributed by atoms with Gasteiger partial charge < -0.3 is 15.5 Å². The quantitative estimate of drug-likeness (QED) is 0.636. The number of anilines is 1. The minimum Gasteiger partial charge on any atom is -0.378 e. The van der Waals surface area contributed by atoms with Crippen LogP contribution in [0, 0.1) is 0 Å². The summed E-state index contributed by atoms with van der Waals surface area (Å²) in [6, 6.07) is 10.8. The lowest BCUT2D eigenvalue weighted by Gasteiger charge is -2.13. The van der Waals surface area contributed by atoms with Crippen molar-refractivity contribution in [3.8, 4) is 0 Å². The van der Waals surface area contributed by atoms with E-state index in [0.717, 1.165) is 25.5 Å². The fourth-order valence-electron chi connectivity index (χ4n) is 2.09. The van der Waals surface area contributed by atoms with E-state index in [4.69, 9.17) is 0 Å². The van der Waals surface area contributed by atoms with Crippen molar-refractivity contribution in [1.29, 1.82) is 0 Å². The largest absolute Gasteiger partial charge is 0.378 e. The van der Waals surface area contributed by atoms with Crippen LogP contribution in [0.15, 0.2) is 46.1 Å². The average Bonchev–Trinajstić information content (AvgIpc) is 3.04. The first-order chi connectivity index (χ1) is 10.7. The zero-order valence-electron chi connectivity index (χ0n) is 13.5. The summed E-state index contributed by atoms with van der Waals surface area (Å²) in [7, 11) is 5.91. The number of aliphatic imine (C=N–C) groups is 1. The molecule has 0 aliphatic heterocycles. The topological polar surface area (TPSA) is 39.7 Å². The lowest BCUT2D eigenvalue weighted by atomic mass is 10.1. The number of hydrogen-bond donors (Lipinski definition) is 2. The molecule has 0 fully saturated rings. The van der Waals surface area contributed by atoms with Crippen LogP contribution in [-0.4, -0.2) is 33.6 Å². The van der Waals surface area contributed by atoms with Gasteiger partial charge in [-0.05, 0) is 46.5 Å². The molecule has 0 radical (unpaired) electrons. The third-order valence-electron chi connectivity index (χ3n) is 3.42. The zero-order chi connectivity index (χ0) is 15.8. The molecule has 0 aliphatic carbocycles. The standard InChI is InChI=1S/C17H24N4S/c1-18-17(20-12-15-9-11-22-13-15)19-10-8-14-4-6-16(7-5-14)21(2)3/h4-7,9,11,13H,8,10,12H2,1-3H3,(H2,18,19,20). The van der Waals surface area contributed by atoms with Gasteiger partial charge in [-0.1, -0.05) is 12.1 Å². The summed E-state index contributed by atoms with van der Waals surface area (Å²) >= 11 is 1.71. The minimum absolute atomic E-state index is 0.806. The fraction of sp³-hybridized carbons (Fsp3) is 0.353. The summed E-state index contributed by atoms with van der Waals surface area (Å²) in [4.78, 5) is 6.36. The van der Waals surface area contributed by atoms with Crippen molar-refractivity contribution in [2.75, 3.05) is 32.6 Å². The molecule has 0 saturated heterocycles. The van der Waals surface area contributed by atoms with Gasteiger partial charge in [0, 0.05) is 39.9 Å². The summed E-state index contributed by atoms with van der Waals surface area (Å²) in [6.45, 7) is 1.67. The smallest absolute Gasteiger partial charge is 0.191 e. The Labute approximate surface area is 136 Å². The molecule has 2 N–H and O–H groups in total. The van der Waals surface area contributed by atoms with Gasteiger partial charge in [0.15, 0.2) is 5.96 Å². The summed E-state index contributed by atoms with van der Waals surface area (Å²) in [5.74, 6) is 0.844. The number of nitrogens with zero attached hydrogens (tertiary/aromatic N) is 2. The second-order valence-corrected chi connectivity index (χ2v) is 6.08. The van der Waals surface area contributed by atoms with Crippen molar-refractivity contribution in [2.45, 2.75) is 13.0 Å². The monoisotopic (exact) mass is 316 g/mol. The molecule has 0 spiro atoms. The van der Waals surface area contributed by atoms with Crippen molar-refractivity contribution in [2.24, 2.45) is 4.99 Å². The molecule has 0 saturated carbocycles. The van der Waals surface area contributed by atoms with E-state index in [1.54, 1.807) is 18.4 Å². The average molecular weight is 316 g/mol. The van der Waals surface area contributed by atoms with E-state index in [9.17, 15) is 0 Å². The van der Waals surface area contributed by atoms with Gasteiger partial charge in [-0.15, -0.1) is 0 Å². The first-order valence-electron chi connectivity index (χ1n) is 7.41. The Balaban J connectivity index is 1.74. The Bertz CT molecular complexity index is 573. The molecule has 0 atom stereocenters. The molecule has 1 heterocycles. The van der Waals surface area contributed by atoms with Crippen LogP contribution in [-0.2, 0) is 13.0 Å². The van der Waals surface area contributed by atoms with Crippen molar-refractivity contribution < 1.29 is 0 Å². The SMILES string of the molecule is CN=C(NCCc1ccc(N(C)C)cc1)NCc1ccsc1. The maximum Gasteiger partial charge on any atom is 0.191 e. The van der Waals surface area contributed by atoms with Crippen molar-refractivity contribution in [3.63, 3.8) is 0 Å². The van der Waals surface area contributed by atoms with Crippen LogP contribution in [0.25, 0.3) is 0 Å². The van der Waals surface area contributed by atoms with Crippen LogP contribution >= 0.6 is 11.3 Å². The van der Waals surface area contributed by atoms with Crippen LogP contribution < -0.4 is 15.5 Å². The highest BCUT2D eigenvalue weighted by Crippen LogP contribution is 2.12. The number of nitrogens with one attached hydrogen (secondary N) is 2. The molecular weight excluding hydrogens is 292 g/mol. The summed E-state index contributed by atoms with van der Waals surface area (Å²) in [6.07, 6.45) is 0.979. The van der Waals surface area contributed by atoms with Gasteiger partial charge in [0.1, 0.15) is 0 Å². The number of thiophene rings is 1. The van der Waals surface area contributed by atoms with Crippen LogP contribution in [0.4, 0.5) is 5.69 Å². The summed E-state index contributed by atoms with van der Waals surface area (Å²) < 4.78 is 0. The van der Waals surface area contributed by atoms with E-state index in [-0.39, 0.29) is 0 Å². The fourth-order valence-corrected chi connectivity index (χ4v) is 2.75. The van der Waals surface area contributed by atoms with Gasteiger partial charge >= 0.3 is 0 Å². The molecule has 1 aromatic carbocycles. The number of hydrogen-bond acceptors (Lipinski definition) is 3. The van der Waals surface area contributed by atoms with E-state index in [1.165, 1.54) is 16.8 Å². The maximum absolute atomic E-state index is 4.25. The second-order valence-electron chi connectivity index (χ2n) is 5.30. The summed E-state index contributed by atoms with van der Waals surface area (Å²) in [5, 5.41) is 10.9. The normalized spacial score (nSPS) is 11.3. The van der Waals surface area contributed by atoms with E-state index < -0.39 is 0 Å². The highest BCUT2D eigenvalue weighted by atomic mass is 32.1. The van der Waals surface area contributed by atoms with Crippen molar-refractivity contribution in [1.82, 2.24) is 10.6 Å². The van der Waals surface area contributed by atoms with E-state index >= 15 is 0 Å². The molecule has 0 aliphatic rings. The van der Waals surface area contributed by atoms with Crippen LogP contribution in [0.3, 0.4) is 0 Å². The van der Waals surface area contributed by atoms with Gasteiger partial charge in [-0.3, -0.25) is 4.99 Å². The van der Waals surface area contributed by atoms with Crippen LogP contribution in [0.1, 0.15) is 11.1 Å². The predicted molar refractivity (Wildman–Crippen MR) is 97.0 cm³/mol. The molecule has 2 rings (SSSR count). The lowest BCUT2D eigenvalue weighted by Crippen LogP contribution is -2.37. The van der Waals surface area contributed by atoms with Crippen LogP contribution in [0.2, 0.25) is 0 Å². The molecule has 0 unspecified atom stereocenters. The predicted octanol–water partition coefficient (Wildman–Crippen LogP) is 2.72. The Morgan fingerprint density at radius 1 is 1.09 bits per heavy atom. The van der Waals surface area contributed by atoms with Crippen molar-refractivity contribution >= 4 is 23.0 Å². The minimum atomic E-state index is 0.806. The van der Waals surface area contributed by atoms with Gasteiger partial charge in [-0.25, -0.2) is 0 Å². The molecule has 1 aromatic heterocycles. The Morgan fingerprint density at radius 2 is 1.86 bits per heavy atom. The van der Waals surface area contributed by atoms with Crippen molar-refractivity contribution in [3.05, 3.63) is 52.2 Å². The van der Waals surface area contributed by atoms with Gasteiger partial charge in [-0.2, -0.15) is 11.3 Å². The first-order valence-corrected chi connectivity index (χ1v) is 8.35. The number of rotatable bonds is 6.